The second kappa shape index (κ2) is 10.9. The highest BCUT2D eigenvalue weighted by Gasteiger charge is 2.23. The molecule has 1 aliphatic rings. The van der Waals surface area contributed by atoms with Crippen LogP contribution in [0.4, 0.5) is 5.69 Å². The van der Waals surface area contributed by atoms with E-state index in [1.807, 2.05) is 0 Å². The van der Waals surface area contributed by atoms with Gasteiger partial charge in [-0.1, -0.05) is 25.5 Å². The van der Waals surface area contributed by atoms with Crippen LogP contribution in [0.25, 0.3) is 0 Å². The molecule has 8 nitrogen and oxygen atoms in total. The zero-order valence-electron chi connectivity index (χ0n) is 18.8. The zero-order valence-corrected chi connectivity index (χ0v) is 18.8. The summed E-state index contributed by atoms with van der Waals surface area (Å²) in [6.07, 6.45) is 6.13. The Morgan fingerprint density at radius 1 is 1.16 bits per heavy atom. The lowest BCUT2D eigenvalue weighted by atomic mass is 9.92. The Hall–Kier alpha value is -3.16. The second-order valence-electron chi connectivity index (χ2n) is 8.40. The van der Waals surface area contributed by atoms with Crippen molar-refractivity contribution in [2.45, 2.75) is 52.4 Å². The summed E-state index contributed by atoms with van der Waals surface area (Å²) in [7, 11) is 0. The van der Waals surface area contributed by atoms with E-state index in [0.29, 0.717) is 23.9 Å². The maximum Gasteiger partial charge on any atom is 0.322 e. The molecule has 1 aromatic heterocycles. The first-order valence-corrected chi connectivity index (χ1v) is 11.3. The molecule has 0 saturated carbocycles. The summed E-state index contributed by atoms with van der Waals surface area (Å²) in [5.74, 6) is -1.30. The number of unbranched alkanes of at least 4 members (excludes halogenated alkanes) is 1. The van der Waals surface area contributed by atoms with Gasteiger partial charge in [-0.2, -0.15) is 0 Å². The lowest BCUT2D eigenvalue weighted by Crippen LogP contribution is -2.34. The first-order valence-electron chi connectivity index (χ1n) is 11.3. The molecule has 2 heterocycles. The number of piperidine rings is 1. The minimum atomic E-state index is -1.16. The van der Waals surface area contributed by atoms with Gasteiger partial charge in [-0.15, -0.1) is 0 Å². The number of aliphatic carboxylic acids is 1. The summed E-state index contributed by atoms with van der Waals surface area (Å²) in [6.45, 7) is 5.18. The number of carbonyl (C=O) groups excluding carboxylic acids is 1. The van der Waals surface area contributed by atoms with E-state index in [2.05, 4.69) is 51.4 Å². The normalized spacial score (nSPS) is 14.4. The highest BCUT2D eigenvalue weighted by molar-refractivity contribution is 5.96. The third-order valence-corrected chi connectivity index (χ3v) is 5.93. The van der Waals surface area contributed by atoms with Gasteiger partial charge in [0.2, 0.25) is 0 Å². The lowest BCUT2D eigenvalue weighted by Gasteiger charge is -2.33. The maximum absolute atomic E-state index is 12.2. The molecule has 1 aromatic carbocycles. The average Bonchev–Trinajstić information content (AvgIpc) is 2.79. The molecule has 8 heteroatoms. The Kier molecular flexibility index (Phi) is 8.03. The third-order valence-electron chi connectivity index (χ3n) is 5.93. The molecule has 3 rings (SSSR count). The van der Waals surface area contributed by atoms with Crippen LogP contribution in [-0.4, -0.2) is 51.7 Å². The summed E-state index contributed by atoms with van der Waals surface area (Å²) in [5, 5.41) is 21.1. The molecule has 1 amide bonds. The number of carboxylic acid groups (broad SMARTS) is 1. The molecule has 0 aliphatic carbocycles. The van der Waals surface area contributed by atoms with Crippen molar-refractivity contribution in [2.24, 2.45) is 5.92 Å². The predicted molar refractivity (Wildman–Crippen MR) is 122 cm³/mol. The molecular formula is C24H32N4O4. The summed E-state index contributed by atoms with van der Waals surface area (Å²) in [6, 6.07) is 8.86. The molecule has 0 unspecified atom stereocenters. The van der Waals surface area contributed by atoms with Crippen LogP contribution in [0.1, 0.15) is 60.2 Å². The first kappa shape index (κ1) is 23.5. The molecular weight excluding hydrogens is 408 g/mol. The van der Waals surface area contributed by atoms with Crippen LogP contribution in [0.5, 0.6) is 5.75 Å². The van der Waals surface area contributed by atoms with E-state index in [1.54, 1.807) is 6.92 Å². The van der Waals surface area contributed by atoms with Gasteiger partial charge < -0.3 is 20.4 Å². The van der Waals surface area contributed by atoms with E-state index in [0.717, 1.165) is 32.4 Å². The number of amides is 1. The standard InChI is InChI=1S/C24H32N4O4/c1-3-4-5-17-6-8-19(9-7-17)28-12-10-18(11-13-28)14-20-26-16(2)23(31)22(27-20)24(32)25-15-21(29)30/h6-9,18,31H,3-5,10-15H2,1-2H3,(H,25,32)(H,29,30). The number of hydrogen-bond donors (Lipinski definition) is 3. The SMILES string of the molecule is CCCCc1ccc(N2CCC(Cc3nc(C)c(O)c(C(=O)NCC(=O)O)n3)CC2)cc1. The van der Waals surface area contributed by atoms with Gasteiger partial charge in [-0.3, -0.25) is 9.59 Å². The van der Waals surface area contributed by atoms with Crippen LogP contribution in [0.3, 0.4) is 0 Å². The molecule has 0 atom stereocenters. The number of benzene rings is 1. The number of nitrogens with one attached hydrogen (secondary N) is 1. The van der Waals surface area contributed by atoms with E-state index >= 15 is 0 Å². The van der Waals surface area contributed by atoms with Crippen LogP contribution >= 0.6 is 0 Å². The van der Waals surface area contributed by atoms with Crippen LogP contribution in [0.15, 0.2) is 24.3 Å². The van der Waals surface area contributed by atoms with Crippen LogP contribution in [0, 0.1) is 12.8 Å². The Labute approximate surface area is 188 Å². The summed E-state index contributed by atoms with van der Waals surface area (Å²) >= 11 is 0. The quantitative estimate of drug-likeness (QED) is 0.549. The van der Waals surface area contributed by atoms with Gasteiger partial charge in [0.25, 0.3) is 5.91 Å². The van der Waals surface area contributed by atoms with E-state index in [-0.39, 0.29) is 11.4 Å². The van der Waals surface area contributed by atoms with E-state index in [1.165, 1.54) is 24.1 Å². The monoisotopic (exact) mass is 440 g/mol. The number of hydrogen-bond acceptors (Lipinski definition) is 6. The van der Waals surface area contributed by atoms with Gasteiger partial charge >= 0.3 is 5.97 Å². The Morgan fingerprint density at radius 2 is 1.84 bits per heavy atom. The van der Waals surface area contributed by atoms with Crippen molar-refractivity contribution in [3.8, 4) is 5.75 Å². The maximum atomic E-state index is 12.2. The Morgan fingerprint density at radius 3 is 2.47 bits per heavy atom. The fraction of sp³-hybridized carbons (Fsp3) is 0.500. The number of rotatable bonds is 9. The number of aromatic nitrogens is 2. The van der Waals surface area contributed by atoms with E-state index < -0.39 is 18.4 Å². The third kappa shape index (κ3) is 6.18. The summed E-state index contributed by atoms with van der Waals surface area (Å²) in [4.78, 5) is 33.9. The minimum Gasteiger partial charge on any atom is -0.504 e. The van der Waals surface area contributed by atoms with Gasteiger partial charge in [0.15, 0.2) is 11.4 Å². The van der Waals surface area contributed by atoms with Crippen molar-refractivity contribution in [3.05, 3.63) is 47.0 Å². The van der Waals surface area contributed by atoms with Gasteiger partial charge in [0, 0.05) is 25.2 Å². The molecule has 2 aromatic rings. The van der Waals surface area contributed by atoms with E-state index in [9.17, 15) is 14.7 Å². The Bertz CT molecular complexity index is 938. The van der Waals surface area contributed by atoms with Crippen molar-refractivity contribution >= 4 is 17.6 Å². The number of aromatic hydroxyl groups is 1. The zero-order chi connectivity index (χ0) is 23.1. The molecule has 1 fully saturated rings. The number of carboxylic acids is 1. The van der Waals surface area contributed by atoms with Crippen molar-refractivity contribution in [2.75, 3.05) is 24.5 Å². The molecule has 0 radical (unpaired) electrons. The molecule has 0 spiro atoms. The largest absolute Gasteiger partial charge is 0.504 e. The van der Waals surface area contributed by atoms with Crippen molar-refractivity contribution < 1.29 is 19.8 Å². The van der Waals surface area contributed by atoms with Crippen LogP contribution in [0.2, 0.25) is 0 Å². The predicted octanol–water partition coefficient (Wildman–Crippen LogP) is 3.11. The molecule has 0 bridgehead atoms. The topological polar surface area (TPSA) is 116 Å². The number of anilines is 1. The first-order chi connectivity index (χ1) is 15.4. The molecule has 1 saturated heterocycles. The van der Waals surface area contributed by atoms with Gasteiger partial charge in [0.05, 0.1) is 5.69 Å². The lowest BCUT2D eigenvalue weighted by molar-refractivity contribution is -0.135. The molecule has 32 heavy (non-hydrogen) atoms. The molecule has 1 aliphatic heterocycles. The number of aryl methyl sites for hydroxylation is 2. The van der Waals surface area contributed by atoms with Crippen LogP contribution < -0.4 is 10.2 Å². The van der Waals surface area contributed by atoms with E-state index in [4.69, 9.17) is 5.11 Å². The molecule has 172 valence electrons. The molecule has 3 N–H and O–H groups in total. The van der Waals surface area contributed by atoms with Crippen LogP contribution in [-0.2, 0) is 17.6 Å². The fourth-order valence-corrected chi connectivity index (χ4v) is 4.02. The fourth-order valence-electron chi connectivity index (χ4n) is 4.02. The van der Waals surface area contributed by atoms with Crippen molar-refractivity contribution in [1.29, 1.82) is 0 Å². The van der Waals surface area contributed by atoms with Gasteiger partial charge in [0.1, 0.15) is 12.4 Å². The number of carbonyl (C=O) groups is 2. The number of nitrogens with zero attached hydrogens (tertiary/aromatic N) is 3. The average molecular weight is 441 g/mol. The highest BCUT2D eigenvalue weighted by Crippen LogP contribution is 2.27. The second-order valence-corrected chi connectivity index (χ2v) is 8.40. The van der Waals surface area contributed by atoms with Crippen molar-refractivity contribution in [1.82, 2.24) is 15.3 Å². The van der Waals surface area contributed by atoms with Gasteiger partial charge in [-0.05, 0) is 56.2 Å². The smallest absolute Gasteiger partial charge is 0.322 e. The minimum absolute atomic E-state index is 0.172. The summed E-state index contributed by atoms with van der Waals surface area (Å²) < 4.78 is 0. The van der Waals surface area contributed by atoms with Gasteiger partial charge in [-0.25, -0.2) is 9.97 Å². The van der Waals surface area contributed by atoms with Crippen molar-refractivity contribution in [3.63, 3.8) is 0 Å². The summed E-state index contributed by atoms with van der Waals surface area (Å²) in [5.41, 5.74) is 2.77. The highest BCUT2D eigenvalue weighted by atomic mass is 16.4. The Balaban J connectivity index is 1.58.